The molecule has 2 atom stereocenters. The molecule has 0 N–H and O–H groups in total. The van der Waals surface area contributed by atoms with Gasteiger partial charge in [-0.2, -0.15) is 5.26 Å². The Morgan fingerprint density at radius 2 is 1.93 bits per heavy atom. The normalized spacial score (nSPS) is 14.5. The summed E-state index contributed by atoms with van der Waals surface area (Å²) in [6.45, 7) is 5.68. The van der Waals surface area contributed by atoms with Crippen LogP contribution in [0.4, 0.5) is 4.39 Å². The Kier molecular flexibility index (Phi) is 9.80. The standard InChI is InChI=1S/C29H33FN4O7S/c1-5-40-28(37)24-17(2)23-26(36)34(18(3)25(35)32-12-6-7-13-32)29(38)33(27(23)42-24)16-22(41-14-8-11-31)20-15-19(30)9-10-21(20)39-4/h9-10,15,18,22H,5-8,12-14,16H2,1-4H3/t18?,22-/m0/s1. The Labute approximate surface area is 245 Å². The highest BCUT2D eigenvalue weighted by Gasteiger charge is 2.31. The summed E-state index contributed by atoms with van der Waals surface area (Å²) >= 11 is 0.926. The number of methoxy groups -OCH3 is 1. The van der Waals surface area contributed by atoms with Crippen molar-refractivity contribution in [3.05, 3.63) is 60.9 Å². The van der Waals surface area contributed by atoms with E-state index in [1.165, 1.54) is 36.8 Å². The molecule has 4 rings (SSSR count). The number of fused-ring (bicyclic) bond motifs is 1. The molecule has 1 amide bonds. The van der Waals surface area contributed by atoms with Crippen LogP contribution in [0.3, 0.4) is 0 Å². The third-order valence-corrected chi connectivity index (χ3v) is 8.58. The van der Waals surface area contributed by atoms with E-state index in [9.17, 15) is 23.6 Å². The second kappa shape index (κ2) is 13.3. The molecule has 0 bridgehead atoms. The van der Waals surface area contributed by atoms with Gasteiger partial charge in [-0.05, 0) is 57.4 Å². The zero-order valence-corrected chi connectivity index (χ0v) is 24.8. The third-order valence-electron chi connectivity index (χ3n) is 7.29. The first kappa shape index (κ1) is 30.9. The van der Waals surface area contributed by atoms with E-state index in [-0.39, 0.29) is 52.7 Å². The van der Waals surface area contributed by atoms with Crippen LogP contribution in [0.2, 0.25) is 0 Å². The molecule has 1 unspecified atom stereocenters. The van der Waals surface area contributed by atoms with Crippen LogP contribution in [-0.4, -0.2) is 59.3 Å². The van der Waals surface area contributed by atoms with Crippen LogP contribution < -0.4 is 16.0 Å². The number of hydrogen-bond donors (Lipinski definition) is 0. The summed E-state index contributed by atoms with van der Waals surface area (Å²) in [5.41, 5.74) is -0.866. The van der Waals surface area contributed by atoms with Crippen LogP contribution >= 0.6 is 11.3 Å². The predicted molar refractivity (Wildman–Crippen MR) is 153 cm³/mol. The lowest BCUT2D eigenvalue weighted by Gasteiger charge is -2.24. The van der Waals surface area contributed by atoms with E-state index in [0.29, 0.717) is 24.4 Å². The van der Waals surface area contributed by atoms with E-state index in [0.717, 1.165) is 28.7 Å². The molecule has 11 nitrogen and oxygen atoms in total. The van der Waals surface area contributed by atoms with Crippen molar-refractivity contribution in [2.24, 2.45) is 0 Å². The van der Waals surface area contributed by atoms with Crippen molar-refractivity contribution in [3.8, 4) is 11.8 Å². The summed E-state index contributed by atoms with van der Waals surface area (Å²) in [7, 11) is 1.41. The molecule has 0 spiro atoms. The van der Waals surface area contributed by atoms with E-state index in [2.05, 4.69) is 0 Å². The van der Waals surface area contributed by atoms with Gasteiger partial charge in [0.1, 0.15) is 33.4 Å². The van der Waals surface area contributed by atoms with Gasteiger partial charge in [-0.15, -0.1) is 11.3 Å². The van der Waals surface area contributed by atoms with Crippen LogP contribution in [0.15, 0.2) is 27.8 Å². The molecule has 1 saturated heterocycles. The largest absolute Gasteiger partial charge is 0.496 e. The minimum atomic E-state index is -1.12. The zero-order valence-electron chi connectivity index (χ0n) is 24.0. The van der Waals surface area contributed by atoms with Crippen molar-refractivity contribution in [3.63, 3.8) is 0 Å². The molecule has 0 saturated carbocycles. The summed E-state index contributed by atoms with van der Waals surface area (Å²) < 4.78 is 33.2. The lowest BCUT2D eigenvalue weighted by Crippen LogP contribution is -2.47. The Hall–Kier alpha value is -4.02. The average molecular weight is 601 g/mol. The molecular weight excluding hydrogens is 567 g/mol. The number of esters is 1. The molecule has 1 aromatic carbocycles. The maximum atomic E-state index is 14.4. The molecular formula is C29H33FN4O7S. The molecule has 3 aromatic rings. The van der Waals surface area contributed by atoms with Crippen molar-refractivity contribution in [1.82, 2.24) is 14.0 Å². The first-order chi connectivity index (χ1) is 20.1. The Bertz CT molecular complexity index is 1650. The number of hydrogen-bond acceptors (Lipinski definition) is 9. The first-order valence-corrected chi connectivity index (χ1v) is 14.5. The number of thiophene rings is 1. The van der Waals surface area contributed by atoms with Crippen molar-refractivity contribution < 1.29 is 28.2 Å². The molecule has 0 aliphatic carbocycles. The minimum Gasteiger partial charge on any atom is -0.496 e. The number of halogens is 1. The zero-order chi connectivity index (χ0) is 30.6. The summed E-state index contributed by atoms with van der Waals surface area (Å²) in [6, 6.07) is 4.74. The molecule has 13 heteroatoms. The number of aryl methyl sites for hydroxylation is 1. The molecule has 1 aliphatic rings. The fourth-order valence-corrected chi connectivity index (χ4v) is 6.38. The van der Waals surface area contributed by atoms with E-state index < -0.39 is 35.2 Å². The average Bonchev–Trinajstić information content (AvgIpc) is 3.63. The maximum Gasteiger partial charge on any atom is 0.348 e. The second-order valence-corrected chi connectivity index (χ2v) is 10.9. The van der Waals surface area contributed by atoms with Gasteiger partial charge in [0.05, 0.1) is 44.7 Å². The lowest BCUT2D eigenvalue weighted by atomic mass is 10.1. The van der Waals surface area contributed by atoms with Gasteiger partial charge in [-0.1, -0.05) is 0 Å². The number of likely N-dealkylation sites (tertiary alicyclic amines) is 1. The highest BCUT2D eigenvalue weighted by atomic mass is 32.1. The fraction of sp³-hybridized carbons (Fsp3) is 0.483. The minimum absolute atomic E-state index is 0.0280. The highest BCUT2D eigenvalue weighted by Crippen LogP contribution is 2.33. The van der Waals surface area contributed by atoms with Gasteiger partial charge in [0.25, 0.3) is 5.56 Å². The number of ether oxygens (including phenoxy) is 3. The predicted octanol–water partition coefficient (Wildman–Crippen LogP) is 3.71. The molecule has 1 fully saturated rings. The van der Waals surface area contributed by atoms with Crippen LogP contribution in [0, 0.1) is 24.1 Å². The monoisotopic (exact) mass is 600 g/mol. The van der Waals surface area contributed by atoms with Gasteiger partial charge < -0.3 is 19.1 Å². The second-order valence-electron chi connectivity index (χ2n) is 9.89. The molecule has 42 heavy (non-hydrogen) atoms. The first-order valence-electron chi connectivity index (χ1n) is 13.7. The number of rotatable bonds is 11. The Balaban J connectivity index is 1.96. The third kappa shape index (κ3) is 5.96. The van der Waals surface area contributed by atoms with Crippen LogP contribution in [0.5, 0.6) is 5.75 Å². The van der Waals surface area contributed by atoms with Gasteiger partial charge >= 0.3 is 11.7 Å². The van der Waals surface area contributed by atoms with Crippen molar-refractivity contribution in [2.45, 2.75) is 58.7 Å². The SMILES string of the molecule is CCOC(=O)c1sc2c(c1C)c(=O)n(C(C)C(=O)N1CCCC1)c(=O)n2C[C@H](OCCC#N)c1cc(F)ccc1OC. The van der Waals surface area contributed by atoms with Crippen molar-refractivity contribution >= 4 is 33.4 Å². The highest BCUT2D eigenvalue weighted by molar-refractivity contribution is 7.20. The van der Waals surface area contributed by atoms with Crippen LogP contribution in [0.1, 0.15) is 66.1 Å². The van der Waals surface area contributed by atoms with Gasteiger partial charge in [-0.3, -0.25) is 14.2 Å². The van der Waals surface area contributed by atoms with Crippen molar-refractivity contribution in [2.75, 3.05) is 33.4 Å². The van der Waals surface area contributed by atoms with Crippen LogP contribution in [-0.2, 0) is 20.8 Å². The number of carbonyl (C=O) groups excluding carboxylic acids is 2. The molecule has 0 radical (unpaired) electrons. The Morgan fingerprint density at radius 3 is 2.57 bits per heavy atom. The number of carbonyl (C=O) groups is 2. The number of nitriles is 1. The van der Waals surface area contributed by atoms with Gasteiger partial charge in [0.15, 0.2) is 0 Å². The van der Waals surface area contributed by atoms with E-state index in [1.807, 2.05) is 6.07 Å². The summed E-state index contributed by atoms with van der Waals surface area (Å²) in [4.78, 5) is 56.1. The number of nitrogens with zero attached hydrogens (tertiary/aromatic N) is 4. The summed E-state index contributed by atoms with van der Waals surface area (Å²) in [6.07, 6.45) is 0.708. The molecule has 3 heterocycles. The quantitative estimate of drug-likeness (QED) is 0.240. The number of aromatic nitrogens is 2. The number of benzene rings is 1. The summed E-state index contributed by atoms with van der Waals surface area (Å²) in [5, 5.41) is 9.19. The number of amides is 1. The van der Waals surface area contributed by atoms with E-state index in [1.54, 1.807) is 18.7 Å². The summed E-state index contributed by atoms with van der Waals surface area (Å²) in [5.74, 6) is -1.27. The lowest BCUT2D eigenvalue weighted by molar-refractivity contribution is -0.133. The van der Waals surface area contributed by atoms with Gasteiger partial charge in [0, 0.05) is 18.7 Å². The Morgan fingerprint density at radius 1 is 1.21 bits per heavy atom. The molecule has 224 valence electrons. The smallest absolute Gasteiger partial charge is 0.348 e. The van der Waals surface area contributed by atoms with E-state index in [4.69, 9.17) is 19.5 Å². The molecule has 1 aliphatic heterocycles. The van der Waals surface area contributed by atoms with Crippen LogP contribution in [0.25, 0.3) is 10.2 Å². The maximum absolute atomic E-state index is 14.4. The van der Waals surface area contributed by atoms with Gasteiger partial charge in [0.2, 0.25) is 5.91 Å². The molecule has 2 aromatic heterocycles. The fourth-order valence-electron chi connectivity index (χ4n) is 5.18. The van der Waals surface area contributed by atoms with E-state index >= 15 is 0 Å². The van der Waals surface area contributed by atoms with Crippen molar-refractivity contribution in [1.29, 1.82) is 5.26 Å². The topological polar surface area (TPSA) is 133 Å². The van der Waals surface area contributed by atoms with Gasteiger partial charge in [-0.25, -0.2) is 18.5 Å².